The predicted molar refractivity (Wildman–Crippen MR) is 104 cm³/mol. The summed E-state index contributed by atoms with van der Waals surface area (Å²) in [6.45, 7) is 0. The molecule has 0 heterocycles. The number of esters is 2. The first kappa shape index (κ1) is 24.6. The molecule has 0 N–H and O–H groups in total. The van der Waals surface area contributed by atoms with E-state index in [0.29, 0.717) is 12.8 Å². The number of hydrogen-bond donors (Lipinski definition) is 0. The van der Waals surface area contributed by atoms with E-state index in [-0.39, 0.29) is 72.0 Å². The molecule has 0 radical (unpaired) electrons. The van der Waals surface area contributed by atoms with E-state index < -0.39 is 11.9 Å². The van der Waals surface area contributed by atoms with Crippen LogP contribution in [0.15, 0.2) is 60.7 Å². The van der Waals surface area contributed by atoms with Gasteiger partial charge < -0.3 is 4.74 Å². The van der Waals surface area contributed by atoms with Crippen molar-refractivity contribution in [2.24, 2.45) is 0 Å². The Labute approximate surface area is 194 Å². The topological polar surface area (TPSA) is 43.4 Å². The predicted octanol–water partition coefficient (Wildman–Crippen LogP) is 2.81. The molecule has 5 heteroatoms. The fourth-order valence-corrected chi connectivity index (χ4v) is 2.39. The number of carbonyl (C=O) groups is 2. The van der Waals surface area contributed by atoms with Crippen LogP contribution in [0.4, 0.5) is 0 Å². The zero-order valence-electron chi connectivity index (χ0n) is 13.2. The molecule has 0 aliphatic rings. The Hall–Kier alpha value is -0.420. The fraction of sp³-hybridized carbons (Fsp3) is 0.300. The molecule has 0 bridgehead atoms. The summed E-state index contributed by atoms with van der Waals surface area (Å²) in [4.78, 5) is 23.3. The first-order valence-corrected chi connectivity index (χ1v) is 8.05. The third kappa shape index (κ3) is 11.0. The van der Waals surface area contributed by atoms with Crippen LogP contribution in [0.5, 0.6) is 0 Å². The molecule has 0 saturated heterocycles. The van der Waals surface area contributed by atoms with Crippen LogP contribution >= 0.6 is 0 Å². The van der Waals surface area contributed by atoms with Crippen LogP contribution in [0.25, 0.3) is 0 Å². The van der Waals surface area contributed by atoms with Crippen molar-refractivity contribution >= 4 is 71.1 Å². The SMILES string of the molecule is O=C(CCCc1ccccc1)OC(=O)CCCc1ccccc1.[NaH].[NaH]. The number of benzene rings is 2. The van der Waals surface area contributed by atoms with Gasteiger partial charge in [-0.15, -0.1) is 0 Å². The van der Waals surface area contributed by atoms with E-state index in [9.17, 15) is 9.59 Å². The van der Waals surface area contributed by atoms with E-state index in [2.05, 4.69) is 0 Å². The zero-order chi connectivity index (χ0) is 16.3. The van der Waals surface area contributed by atoms with Gasteiger partial charge in [0, 0.05) is 12.8 Å². The molecule has 2 aromatic carbocycles. The summed E-state index contributed by atoms with van der Waals surface area (Å²) in [6, 6.07) is 19.9. The Kier molecular flexibility index (Phi) is 14.5. The van der Waals surface area contributed by atoms with Crippen LogP contribution in [-0.4, -0.2) is 71.1 Å². The minimum atomic E-state index is -0.425. The van der Waals surface area contributed by atoms with Crippen LogP contribution in [-0.2, 0) is 27.2 Å². The summed E-state index contributed by atoms with van der Waals surface area (Å²) in [6.07, 6.45) is 3.58. The fourth-order valence-electron chi connectivity index (χ4n) is 2.39. The molecule has 3 nitrogen and oxygen atoms in total. The standard InChI is InChI=1S/C20H22O3.2Na.2H/c21-19(15-7-13-17-9-3-1-4-10-17)23-20(22)16-8-14-18-11-5-2-6-12-18;;;;/h1-6,9-12H,7-8,13-16H2;;;;. The van der Waals surface area contributed by atoms with E-state index in [1.807, 2.05) is 60.7 Å². The number of aryl methyl sites for hydroxylation is 2. The normalized spacial score (nSPS) is 9.44. The molecule has 0 spiro atoms. The van der Waals surface area contributed by atoms with Gasteiger partial charge in [-0.25, -0.2) is 0 Å². The third-order valence-corrected chi connectivity index (χ3v) is 3.61. The molecular formula is C20H24Na2O3. The second-order valence-corrected chi connectivity index (χ2v) is 5.52. The Morgan fingerprint density at radius 1 is 0.640 bits per heavy atom. The van der Waals surface area contributed by atoms with E-state index >= 15 is 0 Å². The molecule has 0 saturated carbocycles. The second-order valence-electron chi connectivity index (χ2n) is 5.52. The van der Waals surface area contributed by atoms with Crippen molar-refractivity contribution in [3.05, 3.63) is 71.8 Å². The Balaban J connectivity index is 0.00000288. The first-order chi connectivity index (χ1) is 11.2. The van der Waals surface area contributed by atoms with Crippen LogP contribution in [0.2, 0.25) is 0 Å². The third-order valence-electron chi connectivity index (χ3n) is 3.61. The molecule has 2 rings (SSSR count). The van der Waals surface area contributed by atoms with E-state index in [1.54, 1.807) is 0 Å². The average Bonchev–Trinajstić information content (AvgIpc) is 2.57. The minimum absolute atomic E-state index is 0. The van der Waals surface area contributed by atoms with Gasteiger partial charge in [0.15, 0.2) is 0 Å². The summed E-state index contributed by atoms with van der Waals surface area (Å²) >= 11 is 0. The number of ether oxygens (including phenoxy) is 1. The molecule has 124 valence electrons. The number of hydrogen-bond acceptors (Lipinski definition) is 3. The average molecular weight is 358 g/mol. The second kappa shape index (κ2) is 14.7. The van der Waals surface area contributed by atoms with Crippen molar-refractivity contribution in [1.82, 2.24) is 0 Å². The van der Waals surface area contributed by atoms with Crippen LogP contribution in [0.3, 0.4) is 0 Å². The number of rotatable bonds is 8. The van der Waals surface area contributed by atoms with E-state index in [0.717, 1.165) is 12.8 Å². The van der Waals surface area contributed by atoms with Crippen molar-refractivity contribution in [3.63, 3.8) is 0 Å². The van der Waals surface area contributed by atoms with Crippen LogP contribution in [0, 0.1) is 0 Å². The molecule has 0 fully saturated rings. The summed E-state index contributed by atoms with van der Waals surface area (Å²) in [5, 5.41) is 0. The van der Waals surface area contributed by atoms with Gasteiger partial charge in [-0.3, -0.25) is 9.59 Å². The van der Waals surface area contributed by atoms with E-state index in [4.69, 9.17) is 4.74 Å². The quantitative estimate of drug-likeness (QED) is 0.414. The Bertz CT molecular complexity index is 560. The van der Waals surface area contributed by atoms with Gasteiger partial charge in [0.05, 0.1) is 0 Å². The summed E-state index contributed by atoms with van der Waals surface area (Å²) < 4.78 is 4.85. The van der Waals surface area contributed by atoms with Gasteiger partial charge in [-0.2, -0.15) is 0 Å². The summed E-state index contributed by atoms with van der Waals surface area (Å²) in [5.41, 5.74) is 2.38. The zero-order valence-corrected chi connectivity index (χ0v) is 13.2. The van der Waals surface area contributed by atoms with Crippen molar-refractivity contribution in [1.29, 1.82) is 0 Å². The van der Waals surface area contributed by atoms with Gasteiger partial charge in [-0.1, -0.05) is 60.7 Å². The molecule has 0 amide bonds. The van der Waals surface area contributed by atoms with Crippen molar-refractivity contribution in [2.45, 2.75) is 38.5 Å². The maximum atomic E-state index is 11.6. The van der Waals surface area contributed by atoms with Gasteiger partial charge in [0.2, 0.25) is 0 Å². The molecule has 0 unspecified atom stereocenters. The molecule has 0 aliphatic heterocycles. The van der Waals surface area contributed by atoms with Gasteiger partial charge >= 0.3 is 71.1 Å². The van der Waals surface area contributed by atoms with Crippen molar-refractivity contribution < 1.29 is 14.3 Å². The maximum absolute atomic E-state index is 11.6. The number of carbonyl (C=O) groups excluding carboxylic acids is 2. The molecular weight excluding hydrogens is 334 g/mol. The van der Waals surface area contributed by atoms with Gasteiger partial charge in [0.25, 0.3) is 0 Å². The Morgan fingerprint density at radius 3 is 1.36 bits per heavy atom. The monoisotopic (exact) mass is 358 g/mol. The van der Waals surface area contributed by atoms with Crippen LogP contribution in [0.1, 0.15) is 36.8 Å². The Morgan fingerprint density at radius 2 is 1.00 bits per heavy atom. The summed E-state index contributed by atoms with van der Waals surface area (Å²) in [5.74, 6) is -0.851. The van der Waals surface area contributed by atoms with E-state index in [1.165, 1.54) is 11.1 Å². The van der Waals surface area contributed by atoms with Crippen LogP contribution < -0.4 is 0 Å². The van der Waals surface area contributed by atoms with Gasteiger partial charge in [-0.05, 0) is 36.8 Å². The molecule has 0 atom stereocenters. The summed E-state index contributed by atoms with van der Waals surface area (Å²) in [7, 11) is 0. The molecule has 2 aromatic rings. The molecule has 0 aliphatic carbocycles. The van der Waals surface area contributed by atoms with Crippen molar-refractivity contribution in [2.75, 3.05) is 0 Å². The van der Waals surface area contributed by atoms with Crippen molar-refractivity contribution in [3.8, 4) is 0 Å². The molecule has 25 heavy (non-hydrogen) atoms. The van der Waals surface area contributed by atoms with Gasteiger partial charge in [0.1, 0.15) is 0 Å². The molecule has 0 aromatic heterocycles. The first-order valence-electron chi connectivity index (χ1n) is 8.05.